The quantitative estimate of drug-likeness (QED) is 0.494. The average molecular weight is 451 g/mol. The Labute approximate surface area is 183 Å². The van der Waals surface area contributed by atoms with Gasteiger partial charge in [-0.2, -0.15) is 0 Å². The van der Waals surface area contributed by atoms with Crippen LogP contribution in [0.1, 0.15) is 11.1 Å². The van der Waals surface area contributed by atoms with Gasteiger partial charge in [0.1, 0.15) is 21.9 Å². The largest absolute Gasteiger partial charge is 0.468 e. The Balaban J connectivity index is 1.62. The SMILES string of the molecule is COC(=O)[C@@H](N)Cc1ccc(Oc2ccc(CC3SC(=S)NC3=O)c(Cl)c2)cc1. The van der Waals surface area contributed by atoms with Crippen molar-refractivity contribution in [2.24, 2.45) is 5.73 Å². The molecule has 1 fully saturated rings. The lowest BCUT2D eigenvalue weighted by molar-refractivity contribution is -0.142. The minimum atomic E-state index is -0.701. The average Bonchev–Trinajstić information content (AvgIpc) is 3.01. The van der Waals surface area contributed by atoms with Gasteiger partial charge in [0.05, 0.1) is 12.4 Å². The van der Waals surface area contributed by atoms with Crippen LogP contribution in [0.4, 0.5) is 0 Å². The van der Waals surface area contributed by atoms with Crippen LogP contribution in [0, 0.1) is 0 Å². The van der Waals surface area contributed by atoms with E-state index in [0.717, 1.165) is 11.1 Å². The van der Waals surface area contributed by atoms with Gasteiger partial charge in [0.25, 0.3) is 0 Å². The number of rotatable bonds is 7. The lowest BCUT2D eigenvalue weighted by atomic mass is 10.1. The van der Waals surface area contributed by atoms with Crippen LogP contribution in [0.3, 0.4) is 0 Å². The van der Waals surface area contributed by atoms with E-state index in [9.17, 15) is 9.59 Å². The molecule has 2 aromatic rings. The highest BCUT2D eigenvalue weighted by molar-refractivity contribution is 8.24. The molecule has 2 aromatic carbocycles. The second kappa shape index (κ2) is 9.58. The number of thioether (sulfide) groups is 1. The predicted octanol–water partition coefficient (Wildman–Crippen LogP) is 3.23. The zero-order valence-corrected chi connectivity index (χ0v) is 17.9. The number of carbonyl (C=O) groups excluding carboxylic acids is 2. The van der Waals surface area contributed by atoms with E-state index in [4.69, 9.17) is 34.3 Å². The molecule has 1 saturated heterocycles. The zero-order valence-electron chi connectivity index (χ0n) is 15.5. The normalized spacial score (nSPS) is 17.0. The highest BCUT2D eigenvalue weighted by atomic mass is 35.5. The van der Waals surface area contributed by atoms with Crippen molar-refractivity contribution >= 4 is 51.8 Å². The van der Waals surface area contributed by atoms with E-state index < -0.39 is 12.0 Å². The zero-order chi connectivity index (χ0) is 21.0. The maximum absolute atomic E-state index is 11.8. The summed E-state index contributed by atoms with van der Waals surface area (Å²) in [6, 6.07) is 11.9. The third kappa shape index (κ3) is 5.70. The van der Waals surface area contributed by atoms with Crippen LogP contribution in [0.2, 0.25) is 5.02 Å². The number of halogens is 1. The minimum Gasteiger partial charge on any atom is -0.468 e. The number of nitrogens with one attached hydrogen (secondary N) is 1. The van der Waals surface area contributed by atoms with Crippen LogP contribution in [0.25, 0.3) is 0 Å². The summed E-state index contributed by atoms with van der Waals surface area (Å²) in [5, 5.41) is 2.89. The van der Waals surface area contributed by atoms with Gasteiger partial charge in [-0.05, 0) is 48.2 Å². The molecular formula is C20H19ClN2O4S2. The highest BCUT2D eigenvalue weighted by Crippen LogP contribution is 2.30. The Morgan fingerprint density at radius 3 is 2.55 bits per heavy atom. The fourth-order valence-electron chi connectivity index (χ4n) is 2.80. The van der Waals surface area contributed by atoms with Crippen LogP contribution >= 0.6 is 35.6 Å². The Hall–Kier alpha value is -2.13. The lowest BCUT2D eigenvalue weighted by Gasteiger charge is -2.12. The summed E-state index contributed by atoms with van der Waals surface area (Å²) < 4.78 is 11.0. The third-order valence-corrected chi connectivity index (χ3v) is 6.04. The monoisotopic (exact) mass is 450 g/mol. The first-order chi connectivity index (χ1) is 13.9. The molecule has 2 atom stereocenters. The molecule has 0 radical (unpaired) electrons. The molecule has 1 aliphatic rings. The summed E-state index contributed by atoms with van der Waals surface area (Å²) >= 11 is 12.7. The summed E-state index contributed by atoms with van der Waals surface area (Å²) in [6.07, 6.45) is 0.870. The number of hydrogen-bond acceptors (Lipinski definition) is 7. The number of hydrogen-bond donors (Lipinski definition) is 2. The molecule has 0 aliphatic carbocycles. The topological polar surface area (TPSA) is 90.7 Å². The summed E-state index contributed by atoms with van der Waals surface area (Å²) in [5.41, 5.74) is 7.52. The van der Waals surface area contributed by atoms with Gasteiger partial charge >= 0.3 is 5.97 Å². The molecule has 6 nitrogen and oxygen atoms in total. The molecule has 3 rings (SSSR count). The Morgan fingerprint density at radius 1 is 1.28 bits per heavy atom. The first kappa shape index (κ1) is 21.6. The van der Waals surface area contributed by atoms with Crippen molar-refractivity contribution in [2.45, 2.75) is 24.1 Å². The molecule has 9 heteroatoms. The van der Waals surface area contributed by atoms with Gasteiger partial charge in [0, 0.05) is 5.02 Å². The fraction of sp³-hybridized carbons (Fsp3) is 0.250. The highest BCUT2D eigenvalue weighted by Gasteiger charge is 2.29. The van der Waals surface area contributed by atoms with Crippen LogP contribution in [0.15, 0.2) is 42.5 Å². The van der Waals surface area contributed by atoms with Gasteiger partial charge in [-0.15, -0.1) is 0 Å². The number of methoxy groups -OCH3 is 1. The van der Waals surface area contributed by atoms with Gasteiger partial charge in [0.2, 0.25) is 5.91 Å². The number of amides is 1. The van der Waals surface area contributed by atoms with Crippen LogP contribution < -0.4 is 15.8 Å². The molecule has 1 heterocycles. The molecule has 1 aliphatic heterocycles. The maximum atomic E-state index is 11.8. The molecule has 1 amide bonds. The van der Waals surface area contributed by atoms with E-state index >= 15 is 0 Å². The van der Waals surface area contributed by atoms with E-state index in [0.29, 0.717) is 33.7 Å². The van der Waals surface area contributed by atoms with Crippen molar-refractivity contribution < 1.29 is 19.1 Å². The first-order valence-corrected chi connectivity index (χ1v) is 10.4. The van der Waals surface area contributed by atoms with Crippen molar-refractivity contribution in [3.05, 3.63) is 58.6 Å². The molecule has 0 saturated carbocycles. The molecule has 29 heavy (non-hydrogen) atoms. The maximum Gasteiger partial charge on any atom is 0.322 e. The van der Waals surface area contributed by atoms with E-state index in [1.807, 2.05) is 18.2 Å². The number of carbonyl (C=O) groups is 2. The molecule has 152 valence electrons. The lowest BCUT2D eigenvalue weighted by Crippen LogP contribution is -2.33. The fourth-order valence-corrected chi connectivity index (χ4v) is 4.35. The predicted molar refractivity (Wildman–Crippen MR) is 117 cm³/mol. The second-order valence-corrected chi connectivity index (χ2v) is 8.71. The van der Waals surface area contributed by atoms with Crippen LogP contribution in [0.5, 0.6) is 11.5 Å². The standard InChI is InChI=1S/C20H19ClN2O4S2/c1-26-19(25)16(22)8-11-2-5-13(6-3-11)27-14-7-4-12(15(21)10-14)9-17-18(24)23-20(28)29-17/h2-7,10,16-17H,8-9,22H2,1H3,(H,23,24,28)/t16-,17?/m0/s1. The number of esters is 1. The Morgan fingerprint density at radius 2 is 1.97 bits per heavy atom. The van der Waals surface area contributed by atoms with Crippen LogP contribution in [-0.4, -0.2) is 34.6 Å². The molecule has 0 spiro atoms. The van der Waals surface area contributed by atoms with Crippen molar-refractivity contribution in [3.63, 3.8) is 0 Å². The summed E-state index contributed by atoms with van der Waals surface area (Å²) in [7, 11) is 1.31. The van der Waals surface area contributed by atoms with Crippen molar-refractivity contribution in [2.75, 3.05) is 7.11 Å². The van der Waals surface area contributed by atoms with Crippen molar-refractivity contribution in [1.29, 1.82) is 0 Å². The van der Waals surface area contributed by atoms with Crippen molar-refractivity contribution in [1.82, 2.24) is 5.32 Å². The van der Waals surface area contributed by atoms with Gasteiger partial charge < -0.3 is 20.5 Å². The molecule has 1 unspecified atom stereocenters. The van der Waals surface area contributed by atoms with E-state index in [-0.39, 0.29) is 11.2 Å². The third-order valence-electron chi connectivity index (χ3n) is 4.32. The summed E-state index contributed by atoms with van der Waals surface area (Å²) in [4.78, 5) is 23.2. The number of benzene rings is 2. The van der Waals surface area contributed by atoms with Crippen molar-refractivity contribution in [3.8, 4) is 11.5 Å². The minimum absolute atomic E-state index is 0.0941. The van der Waals surface area contributed by atoms with Gasteiger partial charge in [-0.25, -0.2) is 0 Å². The van der Waals surface area contributed by atoms with Crippen LogP contribution in [-0.2, 0) is 27.2 Å². The number of thiocarbonyl (C=S) groups is 1. The smallest absolute Gasteiger partial charge is 0.322 e. The van der Waals surface area contributed by atoms with Gasteiger partial charge in [-0.3, -0.25) is 9.59 Å². The molecular weight excluding hydrogens is 432 g/mol. The molecule has 0 bridgehead atoms. The second-order valence-electron chi connectivity index (χ2n) is 6.42. The summed E-state index contributed by atoms with van der Waals surface area (Å²) in [5.74, 6) is 0.663. The van der Waals surface area contributed by atoms with E-state index in [1.165, 1.54) is 18.9 Å². The Kier molecular flexibility index (Phi) is 7.13. The van der Waals surface area contributed by atoms with Gasteiger partial charge in [0.15, 0.2) is 0 Å². The van der Waals surface area contributed by atoms with E-state index in [2.05, 4.69) is 10.1 Å². The van der Waals surface area contributed by atoms with Gasteiger partial charge in [-0.1, -0.05) is 53.8 Å². The first-order valence-electron chi connectivity index (χ1n) is 8.76. The van der Waals surface area contributed by atoms with E-state index in [1.54, 1.807) is 24.3 Å². The molecule has 0 aromatic heterocycles. The molecule has 3 N–H and O–H groups in total. The number of ether oxygens (including phenoxy) is 2. The number of nitrogens with two attached hydrogens (primary N) is 1. The summed E-state index contributed by atoms with van der Waals surface area (Å²) in [6.45, 7) is 0. The Bertz CT molecular complexity index is 937.